The van der Waals surface area contributed by atoms with Crippen LogP contribution in [0.3, 0.4) is 0 Å². The van der Waals surface area contributed by atoms with Crippen molar-refractivity contribution in [1.29, 1.82) is 0 Å². The van der Waals surface area contributed by atoms with Gasteiger partial charge in [0.15, 0.2) is 0 Å². The summed E-state index contributed by atoms with van der Waals surface area (Å²) < 4.78 is 9.03. The van der Waals surface area contributed by atoms with E-state index in [-0.39, 0.29) is 25.6 Å². The lowest BCUT2D eigenvalue weighted by Crippen LogP contribution is -2.11. The second kappa shape index (κ2) is 7.30. The van der Waals surface area contributed by atoms with Crippen molar-refractivity contribution in [2.24, 2.45) is 0 Å². The van der Waals surface area contributed by atoms with Crippen LogP contribution in [-0.4, -0.2) is 30.2 Å². The number of ether oxygens (including phenoxy) is 2. The minimum absolute atomic E-state index is 0.0423. The molecule has 0 amide bonds. The topological polar surface area (TPSA) is 52.6 Å². The van der Waals surface area contributed by atoms with Gasteiger partial charge in [-0.3, -0.25) is 4.79 Å². The molecular formula is C6H10O4S2. The highest BCUT2D eigenvalue weighted by Crippen LogP contribution is 1.90. The highest BCUT2D eigenvalue weighted by molar-refractivity contribution is 7.96. The molecule has 4 nitrogen and oxygen atoms in total. The summed E-state index contributed by atoms with van der Waals surface area (Å²) in [6, 6.07) is 0. The molecule has 12 heavy (non-hydrogen) atoms. The predicted molar refractivity (Wildman–Crippen MR) is 49.8 cm³/mol. The lowest BCUT2D eigenvalue weighted by Gasteiger charge is -2.02. The van der Waals surface area contributed by atoms with E-state index in [0.717, 1.165) is 0 Å². The molecule has 0 atom stereocenters. The van der Waals surface area contributed by atoms with Gasteiger partial charge in [-0.1, -0.05) is 12.6 Å². The zero-order valence-electron chi connectivity index (χ0n) is 6.36. The highest BCUT2D eigenvalue weighted by atomic mass is 32.1. The monoisotopic (exact) mass is 210 g/mol. The van der Waals surface area contributed by atoms with Crippen LogP contribution >= 0.6 is 25.3 Å². The Balaban J connectivity index is 3.19. The lowest BCUT2D eigenvalue weighted by molar-refractivity contribution is -0.144. The van der Waals surface area contributed by atoms with Crippen molar-refractivity contribution >= 4 is 36.5 Å². The Bertz CT molecular complexity index is 160. The van der Waals surface area contributed by atoms with Crippen molar-refractivity contribution in [3.8, 4) is 0 Å². The largest absolute Gasteiger partial charge is 0.462 e. The zero-order valence-corrected chi connectivity index (χ0v) is 8.14. The van der Waals surface area contributed by atoms with Gasteiger partial charge in [0, 0.05) is 5.75 Å². The van der Waals surface area contributed by atoms with Crippen LogP contribution in [0.15, 0.2) is 0 Å². The number of carbonyl (C=O) groups excluding carboxylic acids is 2. The maximum absolute atomic E-state index is 10.7. The number of hydrogen-bond acceptors (Lipinski definition) is 5. The summed E-state index contributed by atoms with van der Waals surface area (Å²) >= 11 is 7.19. The van der Waals surface area contributed by atoms with Gasteiger partial charge in [0.25, 0.3) is 0 Å². The Hall–Kier alpha value is -0.360. The van der Waals surface area contributed by atoms with Gasteiger partial charge in [0.2, 0.25) is 0 Å². The second-order valence-corrected chi connectivity index (χ2v) is 2.62. The number of carbonyl (C=O) groups is 2. The standard InChI is InChI=1S/C6H10O4S2/c7-5(1-4-11)9-2-3-10-6(8)12/h11H,1-4H2,(H,8,12). The molecular weight excluding hydrogens is 200 g/mol. The molecule has 0 bridgehead atoms. The number of thiol groups is 2. The first-order chi connectivity index (χ1) is 5.66. The second-order valence-electron chi connectivity index (χ2n) is 1.81. The van der Waals surface area contributed by atoms with Crippen LogP contribution in [0.5, 0.6) is 0 Å². The summed E-state index contributed by atoms with van der Waals surface area (Å²) in [6.45, 7) is 0.111. The van der Waals surface area contributed by atoms with Gasteiger partial charge in [0.05, 0.1) is 6.42 Å². The Morgan fingerprint density at radius 2 is 1.75 bits per heavy atom. The summed E-state index contributed by atoms with van der Waals surface area (Å²) in [5.41, 5.74) is 0. The Morgan fingerprint density at radius 3 is 2.25 bits per heavy atom. The fourth-order valence-electron chi connectivity index (χ4n) is 0.448. The van der Waals surface area contributed by atoms with Crippen LogP contribution in [0.2, 0.25) is 0 Å². The summed E-state index contributed by atoms with van der Waals surface area (Å²) in [6.07, 6.45) is 0.262. The quantitative estimate of drug-likeness (QED) is 0.402. The fraction of sp³-hybridized carbons (Fsp3) is 0.667. The maximum atomic E-state index is 10.7. The van der Waals surface area contributed by atoms with Crippen LogP contribution in [-0.2, 0) is 14.3 Å². The van der Waals surface area contributed by atoms with Gasteiger partial charge in [-0.25, -0.2) is 4.79 Å². The molecule has 0 aliphatic carbocycles. The Labute approximate surface area is 81.4 Å². The first kappa shape index (κ1) is 11.6. The SMILES string of the molecule is O=C(S)OCCOC(=O)CCS. The summed E-state index contributed by atoms with van der Waals surface area (Å²) in [7, 11) is 0. The molecule has 0 heterocycles. The first-order valence-corrected chi connectivity index (χ1v) is 4.37. The fourth-order valence-corrected chi connectivity index (χ4v) is 0.722. The van der Waals surface area contributed by atoms with E-state index in [1.807, 2.05) is 0 Å². The third kappa shape index (κ3) is 7.74. The molecule has 0 rings (SSSR count). The highest BCUT2D eigenvalue weighted by Gasteiger charge is 2.00. The van der Waals surface area contributed by atoms with Gasteiger partial charge in [0.1, 0.15) is 13.2 Å². The van der Waals surface area contributed by atoms with E-state index >= 15 is 0 Å². The molecule has 70 valence electrons. The smallest absolute Gasteiger partial charge is 0.364 e. The average Bonchev–Trinajstić information content (AvgIpc) is 1.98. The molecule has 0 saturated carbocycles. The molecule has 0 aromatic heterocycles. The maximum Gasteiger partial charge on any atom is 0.364 e. The van der Waals surface area contributed by atoms with E-state index in [4.69, 9.17) is 0 Å². The summed E-state index contributed by atoms with van der Waals surface area (Å²) in [4.78, 5) is 20.8. The van der Waals surface area contributed by atoms with Crippen molar-refractivity contribution < 1.29 is 19.1 Å². The minimum Gasteiger partial charge on any atom is -0.462 e. The molecule has 0 spiro atoms. The van der Waals surface area contributed by atoms with E-state index in [1.54, 1.807) is 0 Å². The normalized spacial score (nSPS) is 9.17. The zero-order chi connectivity index (χ0) is 9.40. The summed E-state index contributed by atoms with van der Waals surface area (Å²) in [5.74, 6) is 0.103. The minimum atomic E-state index is -0.680. The Morgan fingerprint density at radius 1 is 1.17 bits per heavy atom. The van der Waals surface area contributed by atoms with E-state index in [0.29, 0.717) is 5.75 Å². The third-order valence-corrected chi connectivity index (χ3v) is 1.24. The third-order valence-electron chi connectivity index (χ3n) is 0.888. The molecule has 0 saturated heterocycles. The van der Waals surface area contributed by atoms with E-state index < -0.39 is 5.30 Å². The van der Waals surface area contributed by atoms with Crippen LogP contribution in [0, 0.1) is 0 Å². The van der Waals surface area contributed by atoms with Crippen LogP contribution in [0.25, 0.3) is 0 Å². The molecule has 0 fully saturated rings. The van der Waals surface area contributed by atoms with Gasteiger partial charge < -0.3 is 9.47 Å². The molecule has 0 aliphatic heterocycles. The molecule has 0 aromatic carbocycles. The van der Waals surface area contributed by atoms with Gasteiger partial charge in [-0.2, -0.15) is 12.6 Å². The number of esters is 1. The van der Waals surface area contributed by atoms with Crippen molar-refractivity contribution in [3.63, 3.8) is 0 Å². The van der Waals surface area contributed by atoms with Crippen LogP contribution in [0.1, 0.15) is 6.42 Å². The van der Waals surface area contributed by atoms with Gasteiger partial charge in [-0.05, 0) is 0 Å². The predicted octanol–water partition coefficient (Wildman–Crippen LogP) is 0.916. The average molecular weight is 210 g/mol. The molecule has 0 radical (unpaired) electrons. The molecule has 0 aromatic rings. The molecule has 6 heteroatoms. The van der Waals surface area contributed by atoms with Crippen LogP contribution < -0.4 is 0 Å². The molecule has 0 N–H and O–H groups in total. The summed E-state index contributed by atoms with van der Waals surface area (Å²) in [5, 5.41) is -0.680. The van der Waals surface area contributed by atoms with Crippen molar-refractivity contribution in [3.05, 3.63) is 0 Å². The van der Waals surface area contributed by atoms with Crippen molar-refractivity contribution in [1.82, 2.24) is 0 Å². The van der Waals surface area contributed by atoms with Crippen molar-refractivity contribution in [2.45, 2.75) is 6.42 Å². The Kier molecular flexibility index (Phi) is 7.08. The molecule has 0 unspecified atom stereocenters. The molecule has 0 aliphatic rings. The van der Waals surface area contributed by atoms with Crippen molar-refractivity contribution in [2.75, 3.05) is 19.0 Å². The number of hydrogen-bond donors (Lipinski definition) is 2. The van der Waals surface area contributed by atoms with E-state index in [9.17, 15) is 9.59 Å². The first-order valence-electron chi connectivity index (χ1n) is 3.29. The van der Waals surface area contributed by atoms with Gasteiger partial charge in [-0.15, -0.1) is 0 Å². The van der Waals surface area contributed by atoms with Gasteiger partial charge >= 0.3 is 11.3 Å². The van der Waals surface area contributed by atoms with E-state index in [1.165, 1.54) is 0 Å². The van der Waals surface area contributed by atoms with Crippen LogP contribution in [0.4, 0.5) is 4.79 Å². The lowest BCUT2D eigenvalue weighted by atomic mass is 10.5. The van der Waals surface area contributed by atoms with E-state index in [2.05, 4.69) is 34.7 Å². The number of rotatable bonds is 5.